The van der Waals surface area contributed by atoms with E-state index in [1.54, 1.807) is 0 Å². The first-order valence-electron chi connectivity index (χ1n) is 8.91. The van der Waals surface area contributed by atoms with E-state index in [1.807, 2.05) is 53.9 Å². The van der Waals surface area contributed by atoms with E-state index in [9.17, 15) is 4.79 Å². The second-order valence-electron chi connectivity index (χ2n) is 6.96. The number of nitrogens with zero attached hydrogens (tertiary/aromatic N) is 1. The standard InChI is InChI=1S/C23H25NOS/c1-18(24(2)3)17-23(19-11-6-4-7-12-19,20-13-8-5-9-14-20)22(25)21-15-10-16-26-21/h4-16,18H,17H2,1-3H3/t18-/m0/s1. The number of ketones is 1. The number of carbonyl (C=O) groups excluding carboxylic acids is 1. The van der Waals surface area contributed by atoms with E-state index in [-0.39, 0.29) is 11.8 Å². The molecule has 0 N–H and O–H groups in total. The predicted octanol–water partition coefficient (Wildman–Crippen LogP) is 5.26. The molecule has 0 spiro atoms. The summed E-state index contributed by atoms with van der Waals surface area (Å²) in [6, 6.07) is 24.6. The molecule has 1 aromatic heterocycles. The smallest absolute Gasteiger partial charge is 0.187 e. The van der Waals surface area contributed by atoms with Gasteiger partial charge in [0, 0.05) is 6.04 Å². The Labute approximate surface area is 160 Å². The number of carbonyl (C=O) groups is 1. The van der Waals surface area contributed by atoms with E-state index in [4.69, 9.17) is 0 Å². The molecule has 0 saturated heterocycles. The number of rotatable bonds is 7. The highest BCUT2D eigenvalue weighted by molar-refractivity contribution is 7.12. The summed E-state index contributed by atoms with van der Waals surface area (Å²) in [7, 11) is 4.14. The van der Waals surface area contributed by atoms with Crippen LogP contribution in [-0.2, 0) is 5.41 Å². The lowest BCUT2D eigenvalue weighted by molar-refractivity contribution is 0.0886. The zero-order chi connectivity index (χ0) is 18.6. The lowest BCUT2D eigenvalue weighted by Gasteiger charge is -2.37. The van der Waals surface area contributed by atoms with Gasteiger partial charge in [-0.2, -0.15) is 0 Å². The molecule has 134 valence electrons. The fraction of sp³-hybridized carbons (Fsp3) is 0.261. The normalized spacial score (nSPS) is 12.9. The van der Waals surface area contributed by atoms with Crippen molar-refractivity contribution in [1.29, 1.82) is 0 Å². The average molecular weight is 364 g/mol. The molecule has 3 heteroatoms. The Hall–Kier alpha value is -2.23. The summed E-state index contributed by atoms with van der Waals surface area (Å²) in [4.78, 5) is 16.9. The lowest BCUT2D eigenvalue weighted by atomic mass is 9.67. The van der Waals surface area contributed by atoms with Crippen LogP contribution in [0.25, 0.3) is 0 Å². The van der Waals surface area contributed by atoms with Crippen LogP contribution in [0.4, 0.5) is 0 Å². The summed E-state index contributed by atoms with van der Waals surface area (Å²) in [6.45, 7) is 2.18. The minimum Gasteiger partial charge on any atom is -0.307 e. The molecule has 0 amide bonds. The minimum absolute atomic E-state index is 0.179. The van der Waals surface area contributed by atoms with Gasteiger partial charge in [0.25, 0.3) is 0 Å². The van der Waals surface area contributed by atoms with E-state index < -0.39 is 5.41 Å². The van der Waals surface area contributed by atoms with Gasteiger partial charge >= 0.3 is 0 Å². The monoisotopic (exact) mass is 363 g/mol. The third kappa shape index (κ3) is 3.50. The van der Waals surface area contributed by atoms with Gasteiger partial charge in [-0.05, 0) is 50.0 Å². The maximum Gasteiger partial charge on any atom is 0.187 e. The molecule has 0 saturated carbocycles. The predicted molar refractivity (Wildman–Crippen MR) is 110 cm³/mol. The van der Waals surface area contributed by atoms with Crippen molar-refractivity contribution in [2.24, 2.45) is 0 Å². The van der Waals surface area contributed by atoms with Gasteiger partial charge in [-0.15, -0.1) is 11.3 Å². The third-order valence-electron chi connectivity index (χ3n) is 5.15. The van der Waals surface area contributed by atoms with Crippen LogP contribution in [0.5, 0.6) is 0 Å². The van der Waals surface area contributed by atoms with Gasteiger partial charge in [0.15, 0.2) is 5.78 Å². The van der Waals surface area contributed by atoms with Gasteiger partial charge in [-0.25, -0.2) is 0 Å². The SMILES string of the molecule is C[C@@H](CC(C(=O)c1cccs1)(c1ccccc1)c1ccccc1)N(C)C. The summed E-state index contributed by atoms with van der Waals surface area (Å²) in [5, 5.41) is 1.98. The Morgan fingerprint density at radius 2 is 1.46 bits per heavy atom. The van der Waals surface area contributed by atoms with Gasteiger partial charge in [0.1, 0.15) is 0 Å². The van der Waals surface area contributed by atoms with Crippen molar-refractivity contribution in [2.45, 2.75) is 24.8 Å². The number of hydrogen-bond donors (Lipinski definition) is 0. The van der Waals surface area contributed by atoms with Crippen molar-refractivity contribution in [3.05, 3.63) is 94.2 Å². The maximum absolute atomic E-state index is 13.9. The molecular weight excluding hydrogens is 338 g/mol. The number of hydrogen-bond acceptors (Lipinski definition) is 3. The van der Waals surface area contributed by atoms with Crippen molar-refractivity contribution >= 4 is 17.1 Å². The molecule has 0 fully saturated rings. The zero-order valence-electron chi connectivity index (χ0n) is 15.6. The molecule has 0 aliphatic rings. The van der Waals surface area contributed by atoms with Crippen molar-refractivity contribution in [3.8, 4) is 0 Å². The van der Waals surface area contributed by atoms with E-state index in [2.05, 4.69) is 50.2 Å². The minimum atomic E-state index is -0.697. The van der Waals surface area contributed by atoms with Crippen LogP contribution in [0.15, 0.2) is 78.2 Å². The second-order valence-corrected chi connectivity index (χ2v) is 7.91. The molecule has 26 heavy (non-hydrogen) atoms. The highest BCUT2D eigenvalue weighted by atomic mass is 32.1. The van der Waals surface area contributed by atoms with E-state index in [0.717, 1.165) is 22.4 Å². The molecule has 2 nitrogen and oxygen atoms in total. The van der Waals surface area contributed by atoms with Gasteiger partial charge in [-0.1, -0.05) is 66.7 Å². The first-order chi connectivity index (χ1) is 12.6. The molecule has 2 aromatic carbocycles. The van der Waals surface area contributed by atoms with Crippen LogP contribution in [0.3, 0.4) is 0 Å². The Bertz CT molecular complexity index is 786. The Balaban J connectivity index is 2.25. The summed E-state index contributed by atoms with van der Waals surface area (Å²) in [6.07, 6.45) is 0.727. The van der Waals surface area contributed by atoms with Gasteiger partial charge in [-0.3, -0.25) is 4.79 Å². The van der Waals surface area contributed by atoms with Gasteiger partial charge in [0.2, 0.25) is 0 Å². The Kier molecular flexibility index (Phi) is 5.70. The van der Waals surface area contributed by atoms with E-state index in [0.29, 0.717) is 0 Å². The molecule has 3 aromatic rings. The Morgan fingerprint density at radius 1 is 0.923 bits per heavy atom. The van der Waals surface area contributed by atoms with Crippen molar-refractivity contribution in [1.82, 2.24) is 4.90 Å². The third-order valence-corrected chi connectivity index (χ3v) is 6.02. The summed E-state index contributed by atoms with van der Waals surface area (Å²) < 4.78 is 0. The number of Topliss-reactive ketones (excluding diaryl/α,β-unsaturated/α-hetero) is 1. The van der Waals surface area contributed by atoms with E-state index in [1.165, 1.54) is 11.3 Å². The summed E-state index contributed by atoms with van der Waals surface area (Å²) in [5.74, 6) is 0.179. The second kappa shape index (κ2) is 7.98. The van der Waals surface area contributed by atoms with E-state index >= 15 is 0 Å². The maximum atomic E-state index is 13.9. The van der Waals surface area contributed by atoms with Crippen LogP contribution in [0.2, 0.25) is 0 Å². The quantitative estimate of drug-likeness (QED) is 0.534. The first kappa shape index (κ1) is 18.6. The Morgan fingerprint density at radius 3 is 1.88 bits per heavy atom. The fourth-order valence-corrected chi connectivity index (χ4v) is 4.19. The van der Waals surface area contributed by atoms with Crippen molar-refractivity contribution in [2.75, 3.05) is 14.1 Å². The molecule has 0 bridgehead atoms. The highest BCUT2D eigenvalue weighted by Crippen LogP contribution is 2.41. The van der Waals surface area contributed by atoms with Crippen LogP contribution in [0.1, 0.15) is 34.1 Å². The van der Waals surface area contributed by atoms with Crippen molar-refractivity contribution in [3.63, 3.8) is 0 Å². The molecule has 0 aliphatic heterocycles. The average Bonchev–Trinajstić information content (AvgIpc) is 3.21. The highest BCUT2D eigenvalue weighted by Gasteiger charge is 2.43. The zero-order valence-corrected chi connectivity index (χ0v) is 16.4. The topological polar surface area (TPSA) is 20.3 Å². The number of thiophene rings is 1. The molecule has 1 heterocycles. The van der Waals surface area contributed by atoms with Crippen LogP contribution in [0, 0.1) is 0 Å². The molecule has 0 radical (unpaired) electrons. The molecule has 0 aliphatic carbocycles. The molecular formula is C23H25NOS. The number of benzene rings is 2. The van der Waals surface area contributed by atoms with Gasteiger partial charge < -0.3 is 4.90 Å². The van der Waals surface area contributed by atoms with Gasteiger partial charge in [0.05, 0.1) is 10.3 Å². The molecule has 1 atom stereocenters. The summed E-state index contributed by atoms with van der Waals surface area (Å²) >= 11 is 1.52. The summed E-state index contributed by atoms with van der Waals surface area (Å²) in [5.41, 5.74) is 1.41. The van der Waals surface area contributed by atoms with Crippen LogP contribution >= 0.6 is 11.3 Å². The first-order valence-corrected chi connectivity index (χ1v) is 9.79. The van der Waals surface area contributed by atoms with Crippen LogP contribution in [-0.4, -0.2) is 30.8 Å². The largest absolute Gasteiger partial charge is 0.307 e. The van der Waals surface area contributed by atoms with Crippen molar-refractivity contribution < 1.29 is 4.79 Å². The lowest BCUT2D eigenvalue weighted by Crippen LogP contribution is -2.43. The van der Waals surface area contributed by atoms with Crippen LogP contribution < -0.4 is 0 Å². The molecule has 3 rings (SSSR count). The fourth-order valence-electron chi connectivity index (χ4n) is 3.45. The molecule has 0 unspecified atom stereocenters.